The molecule has 17 heavy (non-hydrogen) atoms. The van der Waals surface area contributed by atoms with Crippen LogP contribution in [0, 0.1) is 0 Å². The average molecular weight is 316 g/mol. The summed E-state index contributed by atoms with van der Waals surface area (Å²) in [7, 11) is -5.04. The molecule has 0 bridgehead atoms. The zero-order valence-electron chi connectivity index (χ0n) is 7.58. The van der Waals surface area contributed by atoms with Crippen molar-refractivity contribution in [3.8, 4) is 0 Å². The third kappa shape index (κ3) is 5.02. The summed E-state index contributed by atoms with van der Waals surface area (Å²) in [4.78, 5) is 0. The minimum atomic E-state index is -5.32. The topological polar surface area (TPSA) is 47.3 Å². The molecule has 0 atom stereocenters. The highest BCUT2D eigenvalue weighted by molar-refractivity contribution is 7.80. The normalized spacial score (nSPS) is 12.1. The van der Waals surface area contributed by atoms with E-state index in [1.807, 2.05) is 0 Å². The molecular weight excluding hydrogens is 313 g/mol. The molecule has 0 unspecified atom stereocenters. The van der Waals surface area contributed by atoms with Gasteiger partial charge in [0.05, 0.1) is 0 Å². The molecule has 4 nitrogen and oxygen atoms in total. The van der Waals surface area contributed by atoms with E-state index < -0.39 is 16.7 Å². The van der Waals surface area contributed by atoms with Crippen LogP contribution in [0.3, 0.4) is 0 Å². The van der Waals surface area contributed by atoms with Crippen molar-refractivity contribution in [2.75, 3.05) is 0 Å². The molecule has 0 fully saturated rings. The van der Waals surface area contributed by atoms with E-state index >= 15 is 0 Å². The SMILES string of the molecule is O=S(=O)(OC(F)(F)F)[n+]1cc(Cl)cc(Cl)c1.[F-]. The number of nitrogens with zero attached hydrogens (tertiary/aromatic N) is 1. The number of pyridine rings is 1. The Labute approximate surface area is 103 Å². The standard InChI is InChI=1S/C6H3Cl2F3NO3S.FH/c7-4-1-5(8)3-12(2-4)16(13,14)15-6(9,10)11;/h1-3H;1H/q+1;/p-1. The van der Waals surface area contributed by atoms with E-state index in [0.717, 1.165) is 6.07 Å². The van der Waals surface area contributed by atoms with Gasteiger partial charge in [0.1, 0.15) is 10.0 Å². The number of halogens is 6. The summed E-state index contributed by atoms with van der Waals surface area (Å²) in [6.45, 7) is 0. The summed E-state index contributed by atoms with van der Waals surface area (Å²) in [6, 6.07) is 1.16. The predicted molar refractivity (Wildman–Crippen MR) is 48.1 cm³/mol. The smallest absolute Gasteiger partial charge is 0.541 e. The van der Waals surface area contributed by atoms with Crippen molar-refractivity contribution in [2.24, 2.45) is 0 Å². The van der Waals surface area contributed by atoms with Gasteiger partial charge in [-0.15, -0.1) is 25.8 Å². The lowest BCUT2D eigenvalue weighted by Crippen LogP contribution is -3.00. The molecule has 0 aliphatic heterocycles. The van der Waals surface area contributed by atoms with Crippen LogP contribution in [0.15, 0.2) is 18.5 Å². The molecule has 1 aromatic rings. The van der Waals surface area contributed by atoms with Gasteiger partial charge in [-0.3, -0.25) is 0 Å². The summed E-state index contributed by atoms with van der Waals surface area (Å²) in [5.41, 5.74) is 0. The van der Waals surface area contributed by atoms with E-state index in [9.17, 15) is 21.6 Å². The van der Waals surface area contributed by atoms with Gasteiger partial charge >= 0.3 is 16.7 Å². The van der Waals surface area contributed by atoms with Crippen LogP contribution in [-0.4, -0.2) is 14.8 Å². The third-order valence-corrected chi connectivity index (χ3v) is 2.78. The highest BCUT2D eigenvalue weighted by Crippen LogP contribution is 2.19. The monoisotopic (exact) mass is 315 g/mol. The molecule has 0 saturated heterocycles. The van der Waals surface area contributed by atoms with Crippen LogP contribution < -0.4 is 8.68 Å². The molecule has 1 heterocycles. The largest absolute Gasteiger partial charge is 1.00 e. The number of alkyl halides is 3. The number of rotatable bonds is 2. The first-order valence-electron chi connectivity index (χ1n) is 3.50. The van der Waals surface area contributed by atoms with Crippen LogP contribution in [-0.2, 0) is 14.5 Å². The highest BCUT2D eigenvalue weighted by atomic mass is 35.5. The Bertz CT molecular complexity index is 484. The zero-order chi connectivity index (χ0) is 12.6. The van der Waals surface area contributed by atoms with Crippen LogP contribution in [0.1, 0.15) is 0 Å². The van der Waals surface area contributed by atoms with Crippen molar-refractivity contribution >= 4 is 33.5 Å². The van der Waals surface area contributed by atoms with E-state index in [1.165, 1.54) is 0 Å². The number of hydrogen-bond acceptors (Lipinski definition) is 3. The van der Waals surface area contributed by atoms with Crippen LogP contribution >= 0.6 is 23.2 Å². The lowest BCUT2D eigenvalue weighted by atomic mass is 10.5. The zero-order valence-corrected chi connectivity index (χ0v) is 9.91. The minimum absolute atomic E-state index is 0. The Morgan fingerprint density at radius 2 is 1.59 bits per heavy atom. The van der Waals surface area contributed by atoms with Gasteiger partial charge in [-0.2, -0.15) is 0 Å². The molecule has 0 spiro atoms. The molecule has 0 amide bonds. The fraction of sp³-hybridized carbons (Fsp3) is 0.167. The molecule has 0 aliphatic carbocycles. The average Bonchev–Trinajstić information content (AvgIpc) is 1.96. The molecule has 1 aromatic heterocycles. The maximum Gasteiger partial charge on any atom is 0.541 e. The van der Waals surface area contributed by atoms with E-state index in [-0.39, 0.29) is 18.7 Å². The molecule has 0 aromatic carbocycles. The number of aromatic nitrogens is 1. The second-order valence-corrected chi connectivity index (χ2v) is 4.81. The van der Waals surface area contributed by atoms with Gasteiger partial charge in [-0.05, 0) is 6.07 Å². The van der Waals surface area contributed by atoms with Crippen molar-refractivity contribution in [3.63, 3.8) is 0 Å². The molecule has 0 saturated carbocycles. The summed E-state index contributed by atoms with van der Waals surface area (Å²) in [5.74, 6) is 0. The molecular formula is C6H3Cl2F4NO3S. The van der Waals surface area contributed by atoms with Crippen molar-refractivity contribution in [1.82, 2.24) is 0 Å². The second kappa shape index (κ2) is 5.34. The van der Waals surface area contributed by atoms with Gasteiger partial charge in [-0.1, -0.05) is 27.2 Å². The van der Waals surface area contributed by atoms with Crippen molar-refractivity contribution < 1.29 is 34.4 Å². The summed E-state index contributed by atoms with van der Waals surface area (Å²) >= 11 is 10.8. The third-order valence-electron chi connectivity index (χ3n) is 1.23. The second-order valence-electron chi connectivity index (χ2n) is 2.49. The van der Waals surface area contributed by atoms with E-state index in [4.69, 9.17) is 23.2 Å². The first-order chi connectivity index (χ1) is 7.10. The predicted octanol–water partition coefficient (Wildman–Crippen LogP) is -1.09. The maximum absolute atomic E-state index is 11.8. The molecule has 0 radical (unpaired) electrons. The van der Waals surface area contributed by atoms with Crippen LogP contribution in [0.5, 0.6) is 0 Å². The fourth-order valence-electron chi connectivity index (χ4n) is 0.778. The van der Waals surface area contributed by atoms with Gasteiger partial charge < -0.3 is 4.70 Å². The Balaban J connectivity index is 0.00000256. The molecule has 0 N–H and O–H groups in total. The highest BCUT2D eigenvalue weighted by Gasteiger charge is 2.42. The molecule has 0 aliphatic rings. The maximum atomic E-state index is 11.8. The van der Waals surface area contributed by atoms with Gasteiger partial charge in [0.15, 0.2) is 0 Å². The van der Waals surface area contributed by atoms with Crippen LogP contribution in [0.25, 0.3) is 0 Å². The summed E-state index contributed by atoms with van der Waals surface area (Å²) < 4.78 is 60.5. The Hall–Kier alpha value is -0.640. The van der Waals surface area contributed by atoms with Crippen molar-refractivity contribution in [3.05, 3.63) is 28.5 Å². The molecule has 1 rings (SSSR count). The summed E-state index contributed by atoms with van der Waals surface area (Å²) in [6.07, 6.45) is -3.89. The Morgan fingerprint density at radius 1 is 1.18 bits per heavy atom. The van der Waals surface area contributed by atoms with E-state index in [0.29, 0.717) is 12.4 Å². The van der Waals surface area contributed by atoms with Crippen molar-refractivity contribution in [2.45, 2.75) is 6.36 Å². The summed E-state index contributed by atoms with van der Waals surface area (Å²) in [5, 5.41) is -0.302. The Kier molecular flexibility index (Phi) is 5.14. The number of hydrogen-bond donors (Lipinski definition) is 0. The Morgan fingerprint density at radius 3 is 1.94 bits per heavy atom. The van der Waals surface area contributed by atoms with E-state index in [1.54, 1.807) is 0 Å². The fourth-order valence-corrected chi connectivity index (χ4v) is 2.21. The van der Waals surface area contributed by atoms with Crippen molar-refractivity contribution in [1.29, 1.82) is 0 Å². The first kappa shape index (κ1) is 16.4. The lowest BCUT2D eigenvalue weighted by Gasteiger charge is -2.03. The molecule has 98 valence electrons. The van der Waals surface area contributed by atoms with E-state index in [2.05, 4.69) is 4.18 Å². The van der Waals surface area contributed by atoms with Gasteiger partial charge in [0.2, 0.25) is 12.4 Å². The van der Waals surface area contributed by atoms with Gasteiger partial charge in [0, 0.05) is 0 Å². The quantitative estimate of drug-likeness (QED) is 0.515. The first-order valence-corrected chi connectivity index (χ1v) is 5.62. The van der Waals surface area contributed by atoms with Crippen LogP contribution in [0.4, 0.5) is 13.2 Å². The van der Waals surface area contributed by atoms with Gasteiger partial charge in [-0.25, -0.2) is 0 Å². The van der Waals surface area contributed by atoms with Crippen LogP contribution in [0.2, 0.25) is 10.0 Å². The van der Waals surface area contributed by atoms with Gasteiger partial charge in [0.25, 0.3) is 0 Å². The minimum Gasteiger partial charge on any atom is -1.00 e. The molecule has 11 heteroatoms. The lowest BCUT2D eigenvalue weighted by molar-refractivity contribution is -0.526.